The van der Waals surface area contributed by atoms with E-state index in [4.69, 9.17) is 5.73 Å². The monoisotopic (exact) mass is 248 g/mol. The number of hydrogen-bond donors (Lipinski definition) is 3. The van der Waals surface area contributed by atoms with Crippen molar-refractivity contribution in [2.75, 3.05) is 25.5 Å². The van der Waals surface area contributed by atoms with E-state index < -0.39 is 5.91 Å². The molecule has 18 heavy (non-hydrogen) atoms. The number of piperidine rings is 1. The number of aromatic amines is 1. The molecular formula is C12H16N4O2. The number of aromatic nitrogens is 1. The van der Waals surface area contributed by atoms with Crippen LogP contribution in [0.5, 0.6) is 0 Å². The number of nitrogens with one attached hydrogen (secondary N) is 2. The summed E-state index contributed by atoms with van der Waals surface area (Å²) in [4.78, 5) is 27.4. The van der Waals surface area contributed by atoms with Crippen LogP contribution in [0.2, 0.25) is 0 Å². The van der Waals surface area contributed by atoms with E-state index in [2.05, 4.69) is 22.2 Å². The lowest BCUT2D eigenvalue weighted by molar-refractivity contribution is 0.100. The van der Waals surface area contributed by atoms with Crippen molar-refractivity contribution in [1.29, 1.82) is 0 Å². The molecule has 1 aromatic heterocycles. The van der Waals surface area contributed by atoms with E-state index in [-0.39, 0.29) is 5.56 Å². The van der Waals surface area contributed by atoms with E-state index in [1.807, 2.05) is 0 Å². The Bertz CT molecular complexity index is 541. The number of pyridine rings is 1. The number of H-pyrrole nitrogens is 1. The molecule has 2 fully saturated rings. The summed E-state index contributed by atoms with van der Waals surface area (Å²) in [5.74, 6) is 0.710. The van der Waals surface area contributed by atoms with E-state index in [1.165, 1.54) is 12.3 Å². The topological polar surface area (TPSA) is 91.2 Å². The van der Waals surface area contributed by atoms with Gasteiger partial charge >= 0.3 is 0 Å². The van der Waals surface area contributed by atoms with Gasteiger partial charge in [-0.2, -0.15) is 0 Å². The van der Waals surface area contributed by atoms with Crippen molar-refractivity contribution in [2.24, 2.45) is 17.6 Å². The molecule has 1 aromatic rings. The van der Waals surface area contributed by atoms with Crippen LogP contribution in [0.3, 0.4) is 0 Å². The Kier molecular flexibility index (Phi) is 2.41. The highest BCUT2D eigenvalue weighted by molar-refractivity contribution is 5.98. The van der Waals surface area contributed by atoms with Crippen LogP contribution in [0.25, 0.3) is 0 Å². The Morgan fingerprint density at radius 1 is 1.50 bits per heavy atom. The quantitative estimate of drug-likeness (QED) is 0.669. The Labute approximate surface area is 104 Å². The van der Waals surface area contributed by atoms with Crippen LogP contribution in [-0.2, 0) is 0 Å². The van der Waals surface area contributed by atoms with Gasteiger partial charge in [-0.3, -0.25) is 9.59 Å². The summed E-state index contributed by atoms with van der Waals surface area (Å²) in [6.07, 6.45) is 1.37. The number of fused-ring (bicyclic) bond motifs is 1. The molecule has 6 heteroatoms. The van der Waals surface area contributed by atoms with Crippen LogP contribution in [-0.4, -0.2) is 42.0 Å². The predicted molar refractivity (Wildman–Crippen MR) is 67.5 cm³/mol. The minimum absolute atomic E-state index is 0.231. The normalized spacial score (nSPS) is 29.9. The molecule has 6 nitrogen and oxygen atoms in total. The zero-order chi connectivity index (χ0) is 12.9. The second kappa shape index (κ2) is 3.84. The van der Waals surface area contributed by atoms with Crippen molar-refractivity contribution < 1.29 is 4.79 Å². The van der Waals surface area contributed by atoms with Crippen molar-refractivity contribution in [3.63, 3.8) is 0 Å². The van der Waals surface area contributed by atoms with Gasteiger partial charge in [-0.25, -0.2) is 0 Å². The zero-order valence-electron chi connectivity index (χ0n) is 10.1. The fourth-order valence-electron chi connectivity index (χ4n) is 2.93. The highest BCUT2D eigenvalue weighted by Crippen LogP contribution is 2.46. The van der Waals surface area contributed by atoms with Gasteiger partial charge in [0.25, 0.3) is 5.91 Å². The molecular weight excluding hydrogens is 232 g/mol. The Morgan fingerprint density at radius 2 is 2.17 bits per heavy atom. The van der Waals surface area contributed by atoms with Crippen LogP contribution in [0.4, 0.5) is 5.69 Å². The van der Waals surface area contributed by atoms with Crippen LogP contribution in [0.1, 0.15) is 10.4 Å². The maximum absolute atomic E-state index is 11.3. The molecule has 2 aliphatic rings. The third kappa shape index (κ3) is 1.78. The van der Waals surface area contributed by atoms with Crippen LogP contribution >= 0.6 is 0 Å². The fraction of sp³-hybridized carbons (Fsp3) is 0.500. The van der Waals surface area contributed by atoms with Crippen molar-refractivity contribution >= 4 is 11.6 Å². The third-order valence-electron chi connectivity index (χ3n) is 3.89. The molecule has 1 aliphatic carbocycles. The number of likely N-dealkylation sites (tertiary alicyclic amines) is 1. The van der Waals surface area contributed by atoms with Crippen LogP contribution in [0.15, 0.2) is 17.1 Å². The number of nitrogens with two attached hydrogens (primary N) is 1. The minimum atomic E-state index is -0.531. The number of carbonyl (C=O) groups excluding carboxylic acids is 1. The largest absolute Gasteiger partial charge is 0.381 e. The first kappa shape index (κ1) is 11.3. The molecule has 0 aromatic carbocycles. The fourth-order valence-corrected chi connectivity index (χ4v) is 2.93. The van der Waals surface area contributed by atoms with E-state index in [0.717, 1.165) is 13.1 Å². The lowest BCUT2D eigenvalue weighted by Gasteiger charge is -2.15. The smallest absolute Gasteiger partial charge is 0.252 e. The Hall–Kier alpha value is -1.82. The zero-order valence-corrected chi connectivity index (χ0v) is 10.1. The number of primary amides is 1. The van der Waals surface area contributed by atoms with Gasteiger partial charge in [-0.15, -0.1) is 0 Å². The molecule has 96 valence electrons. The summed E-state index contributed by atoms with van der Waals surface area (Å²) in [6, 6.07) is 1.76. The Morgan fingerprint density at radius 3 is 2.78 bits per heavy atom. The number of carbonyl (C=O) groups is 1. The van der Waals surface area contributed by atoms with Gasteiger partial charge in [0, 0.05) is 31.4 Å². The van der Waals surface area contributed by atoms with Gasteiger partial charge in [0.1, 0.15) is 0 Å². The van der Waals surface area contributed by atoms with Gasteiger partial charge in [0.2, 0.25) is 5.56 Å². The van der Waals surface area contributed by atoms with Crippen molar-refractivity contribution in [2.45, 2.75) is 6.04 Å². The molecule has 0 radical (unpaired) electrons. The lowest BCUT2D eigenvalue weighted by atomic mass is 10.2. The Balaban J connectivity index is 1.79. The molecule has 0 bridgehead atoms. The summed E-state index contributed by atoms with van der Waals surface area (Å²) < 4.78 is 0. The first-order valence-corrected chi connectivity index (χ1v) is 6.04. The molecule has 1 amide bonds. The average molecular weight is 248 g/mol. The molecule has 2 heterocycles. The molecule has 3 rings (SSSR count). The van der Waals surface area contributed by atoms with Gasteiger partial charge < -0.3 is 20.9 Å². The SMILES string of the molecule is CN1CC2C(C1)C2Nc1cc(=O)[nH]cc1C(N)=O. The first-order chi connectivity index (χ1) is 8.56. The van der Waals surface area contributed by atoms with Crippen molar-refractivity contribution in [3.8, 4) is 0 Å². The van der Waals surface area contributed by atoms with Crippen LogP contribution in [0, 0.1) is 11.8 Å². The number of amides is 1. The highest BCUT2D eigenvalue weighted by Gasteiger charge is 2.55. The second-order valence-electron chi connectivity index (χ2n) is 5.21. The predicted octanol–water partition coefficient (Wildman–Crippen LogP) is -0.554. The second-order valence-corrected chi connectivity index (χ2v) is 5.21. The molecule has 0 spiro atoms. The number of hydrogen-bond acceptors (Lipinski definition) is 4. The molecule has 2 atom stereocenters. The van der Waals surface area contributed by atoms with Gasteiger partial charge in [-0.05, 0) is 18.9 Å². The average Bonchev–Trinajstić information content (AvgIpc) is 2.76. The third-order valence-corrected chi connectivity index (χ3v) is 3.89. The standard InChI is InChI=1S/C12H16N4O2/c1-16-4-7-8(5-16)11(7)15-9-2-10(17)14-3-6(9)12(13)18/h2-3,7-8,11H,4-5H2,1H3,(H2,13,18)(H2,14,15,17). The summed E-state index contributed by atoms with van der Waals surface area (Å²) in [5, 5.41) is 3.28. The van der Waals surface area contributed by atoms with E-state index in [0.29, 0.717) is 29.1 Å². The highest BCUT2D eigenvalue weighted by atomic mass is 16.1. The molecule has 1 saturated carbocycles. The molecule has 1 aliphatic heterocycles. The number of rotatable bonds is 3. The molecule has 1 saturated heterocycles. The summed E-state index contributed by atoms with van der Waals surface area (Å²) >= 11 is 0. The maximum Gasteiger partial charge on any atom is 0.252 e. The van der Waals surface area contributed by atoms with Crippen LogP contribution < -0.4 is 16.6 Å². The minimum Gasteiger partial charge on any atom is -0.381 e. The summed E-state index contributed by atoms with van der Waals surface area (Å²) in [6.45, 7) is 2.13. The van der Waals surface area contributed by atoms with Crippen molar-refractivity contribution in [3.05, 3.63) is 28.2 Å². The first-order valence-electron chi connectivity index (χ1n) is 6.04. The van der Waals surface area contributed by atoms with Crippen molar-refractivity contribution in [1.82, 2.24) is 9.88 Å². The molecule has 2 unspecified atom stereocenters. The summed E-state index contributed by atoms with van der Waals surface area (Å²) in [5.41, 5.74) is 5.95. The van der Waals surface area contributed by atoms with E-state index >= 15 is 0 Å². The van der Waals surface area contributed by atoms with Gasteiger partial charge in [-0.1, -0.05) is 0 Å². The van der Waals surface area contributed by atoms with E-state index in [1.54, 1.807) is 0 Å². The van der Waals surface area contributed by atoms with Gasteiger partial charge in [0.15, 0.2) is 0 Å². The molecule has 4 N–H and O–H groups in total. The lowest BCUT2D eigenvalue weighted by Crippen LogP contribution is -2.26. The number of nitrogens with zero attached hydrogens (tertiary/aromatic N) is 1. The maximum atomic E-state index is 11.3. The summed E-state index contributed by atoms with van der Waals surface area (Å²) in [7, 11) is 2.10. The number of anilines is 1. The van der Waals surface area contributed by atoms with Gasteiger partial charge in [0.05, 0.1) is 11.3 Å². The van der Waals surface area contributed by atoms with E-state index in [9.17, 15) is 9.59 Å².